The zero-order valence-corrected chi connectivity index (χ0v) is 26.0. The summed E-state index contributed by atoms with van der Waals surface area (Å²) in [6, 6.07) is 21.3. The Morgan fingerprint density at radius 1 is 1.00 bits per heavy atom. The van der Waals surface area contributed by atoms with Crippen molar-refractivity contribution >= 4 is 17.6 Å². The first kappa shape index (κ1) is 31.0. The average Bonchev–Trinajstić information content (AvgIpc) is 3.64. The molecule has 3 aromatic carbocycles. The number of anilines is 1. The number of carbonyl (C=O) groups is 2. The van der Waals surface area contributed by atoms with Crippen LogP contribution in [0.2, 0.25) is 0 Å². The molecule has 0 bridgehead atoms. The highest BCUT2D eigenvalue weighted by Crippen LogP contribution is 2.37. The third-order valence-electron chi connectivity index (χ3n) is 8.05. The van der Waals surface area contributed by atoms with Crippen LogP contribution in [0.15, 0.2) is 75.9 Å². The molecule has 0 saturated heterocycles. The lowest BCUT2D eigenvalue weighted by Gasteiger charge is -2.20. The highest BCUT2D eigenvalue weighted by atomic mass is 16.6. The summed E-state index contributed by atoms with van der Waals surface area (Å²) >= 11 is 0. The van der Waals surface area contributed by atoms with Gasteiger partial charge in [-0.2, -0.15) is 4.68 Å². The van der Waals surface area contributed by atoms with Crippen LogP contribution in [-0.4, -0.2) is 27.3 Å². The summed E-state index contributed by atoms with van der Waals surface area (Å²) in [6.45, 7) is 7.83. The third-order valence-corrected chi connectivity index (χ3v) is 8.05. The molecule has 1 heterocycles. The minimum Gasteiger partial charge on any atom is -0.460 e. The second-order valence-corrected chi connectivity index (χ2v) is 12.6. The van der Waals surface area contributed by atoms with E-state index in [1.807, 2.05) is 88.4 Å². The van der Waals surface area contributed by atoms with E-state index < -0.39 is 11.4 Å². The molecule has 1 fully saturated rings. The molecule has 230 valence electrons. The molecular formula is C36H41N3O5. The summed E-state index contributed by atoms with van der Waals surface area (Å²) in [5.41, 5.74) is 6.03. The fourth-order valence-corrected chi connectivity index (χ4v) is 5.88. The maximum atomic E-state index is 13.3. The van der Waals surface area contributed by atoms with Gasteiger partial charge in [0, 0.05) is 17.7 Å². The molecule has 8 nitrogen and oxygen atoms in total. The van der Waals surface area contributed by atoms with Gasteiger partial charge >= 0.3 is 11.7 Å². The molecule has 0 radical (unpaired) electrons. The van der Waals surface area contributed by atoms with Crippen molar-refractivity contribution in [3.8, 4) is 11.5 Å². The normalized spacial score (nSPS) is 13.6. The summed E-state index contributed by atoms with van der Waals surface area (Å²) in [4.78, 5) is 38.2. The topological polar surface area (TPSA) is 103 Å². The van der Waals surface area contributed by atoms with Gasteiger partial charge in [-0.05, 0) is 98.9 Å². The molecule has 1 aliphatic carbocycles. The predicted octanol–water partition coefficient (Wildman–Crippen LogP) is 6.97. The summed E-state index contributed by atoms with van der Waals surface area (Å²) in [6.07, 6.45) is 5.56. The fraction of sp³-hybridized carbons (Fsp3) is 0.389. The smallest absolute Gasteiger partial charge is 0.437 e. The second kappa shape index (κ2) is 13.5. The van der Waals surface area contributed by atoms with Gasteiger partial charge in [0.15, 0.2) is 0 Å². The number of ether oxygens (including phenoxy) is 1. The number of benzene rings is 3. The molecule has 0 aliphatic heterocycles. The van der Waals surface area contributed by atoms with Crippen molar-refractivity contribution in [1.29, 1.82) is 0 Å². The SMILES string of the molecule is Cc1c(CCC(=O)OC(C)(C)C)cccc1NC(=O)Cc1ccc(Cn2nc(-c3ccccc3)oc2=O)cc1C1CCCC1. The van der Waals surface area contributed by atoms with Crippen LogP contribution in [0, 0.1) is 6.92 Å². The Bertz CT molecular complexity index is 1670. The number of nitrogens with one attached hydrogen (secondary N) is 1. The van der Waals surface area contributed by atoms with E-state index in [0.29, 0.717) is 18.2 Å². The summed E-state index contributed by atoms with van der Waals surface area (Å²) < 4.78 is 12.2. The zero-order chi connectivity index (χ0) is 31.3. The van der Waals surface area contributed by atoms with Crippen LogP contribution in [0.25, 0.3) is 11.5 Å². The Labute approximate surface area is 258 Å². The van der Waals surface area contributed by atoms with Crippen LogP contribution in [0.4, 0.5) is 5.69 Å². The molecular weight excluding hydrogens is 554 g/mol. The molecule has 1 amide bonds. The van der Waals surface area contributed by atoms with Crippen molar-refractivity contribution in [1.82, 2.24) is 9.78 Å². The van der Waals surface area contributed by atoms with Gasteiger partial charge < -0.3 is 14.5 Å². The molecule has 1 N–H and O–H groups in total. The van der Waals surface area contributed by atoms with E-state index in [1.165, 1.54) is 17.5 Å². The van der Waals surface area contributed by atoms with Crippen LogP contribution in [0.3, 0.4) is 0 Å². The summed E-state index contributed by atoms with van der Waals surface area (Å²) in [5, 5.41) is 7.52. The van der Waals surface area contributed by atoms with Gasteiger partial charge in [0.25, 0.3) is 0 Å². The molecule has 1 aromatic heterocycles. The number of hydrogen-bond acceptors (Lipinski definition) is 6. The Balaban J connectivity index is 1.29. The van der Waals surface area contributed by atoms with E-state index in [2.05, 4.69) is 16.5 Å². The van der Waals surface area contributed by atoms with Crippen molar-refractivity contribution < 1.29 is 18.7 Å². The van der Waals surface area contributed by atoms with Crippen molar-refractivity contribution in [3.63, 3.8) is 0 Å². The number of hydrogen-bond donors (Lipinski definition) is 1. The van der Waals surface area contributed by atoms with Crippen molar-refractivity contribution in [2.75, 3.05) is 5.32 Å². The molecule has 8 heteroatoms. The minimum atomic E-state index is -0.517. The van der Waals surface area contributed by atoms with Gasteiger partial charge in [-0.3, -0.25) is 9.59 Å². The maximum absolute atomic E-state index is 13.3. The first-order valence-electron chi connectivity index (χ1n) is 15.4. The Hall–Kier alpha value is -4.46. The molecule has 1 aliphatic rings. The van der Waals surface area contributed by atoms with Gasteiger partial charge in [0.05, 0.1) is 13.0 Å². The molecule has 1 saturated carbocycles. The van der Waals surface area contributed by atoms with Gasteiger partial charge in [0.2, 0.25) is 11.8 Å². The Morgan fingerprint density at radius 2 is 1.75 bits per heavy atom. The standard InChI is InChI=1S/C36H41N3O5/c1-24-26(19-20-33(41)44-36(2,3)4)15-10-16-31(24)37-32(40)22-29-18-17-25(21-30(29)27-11-8-9-12-27)23-39-35(42)43-34(38-39)28-13-6-5-7-14-28/h5-7,10,13-18,21,27H,8-9,11-12,19-20,22-23H2,1-4H3,(H,37,40). The van der Waals surface area contributed by atoms with Crippen LogP contribution < -0.4 is 11.1 Å². The number of esters is 1. The zero-order valence-electron chi connectivity index (χ0n) is 26.0. The number of aryl methyl sites for hydroxylation is 1. The maximum Gasteiger partial charge on any atom is 0.437 e. The number of amides is 1. The fourth-order valence-electron chi connectivity index (χ4n) is 5.88. The Kier molecular flexibility index (Phi) is 9.47. The number of aromatic nitrogens is 2. The van der Waals surface area contributed by atoms with Gasteiger partial charge in [-0.1, -0.05) is 61.4 Å². The molecule has 0 unspecified atom stereocenters. The number of rotatable bonds is 10. The van der Waals surface area contributed by atoms with Crippen molar-refractivity contribution in [2.24, 2.45) is 0 Å². The van der Waals surface area contributed by atoms with E-state index in [9.17, 15) is 14.4 Å². The lowest BCUT2D eigenvalue weighted by atomic mass is 9.89. The van der Waals surface area contributed by atoms with Gasteiger partial charge in [-0.15, -0.1) is 5.10 Å². The van der Waals surface area contributed by atoms with Crippen LogP contribution in [0.5, 0.6) is 0 Å². The van der Waals surface area contributed by atoms with E-state index in [0.717, 1.165) is 51.9 Å². The largest absolute Gasteiger partial charge is 0.460 e. The van der Waals surface area contributed by atoms with Gasteiger partial charge in [0.1, 0.15) is 5.60 Å². The van der Waals surface area contributed by atoms with Crippen LogP contribution in [-0.2, 0) is 33.7 Å². The van der Waals surface area contributed by atoms with Crippen LogP contribution in [0.1, 0.15) is 86.6 Å². The minimum absolute atomic E-state index is 0.0930. The quantitative estimate of drug-likeness (QED) is 0.199. The van der Waals surface area contributed by atoms with E-state index in [-0.39, 0.29) is 31.3 Å². The summed E-state index contributed by atoms with van der Waals surface area (Å²) in [5.74, 6) is -0.156. The molecule has 44 heavy (non-hydrogen) atoms. The van der Waals surface area contributed by atoms with Crippen LogP contribution >= 0.6 is 0 Å². The first-order chi connectivity index (χ1) is 21.1. The van der Waals surface area contributed by atoms with E-state index in [1.54, 1.807) is 0 Å². The number of carbonyl (C=O) groups excluding carboxylic acids is 2. The predicted molar refractivity (Wildman–Crippen MR) is 171 cm³/mol. The highest BCUT2D eigenvalue weighted by Gasteiger charge is 2.23. The monoisotopic (exact) mass is 595 g/mol. The first-order valence-corrected chi connectivity index (χ1v) is 15.4. The summed E-state index contributed by atoms with van der Waals surface area (Å²) in [7, 11) is 0. The lowest BCUT2D eigenvalue weighted by Crippen LogP contribution is -2.24. The molecule has 0 atom stereocenters. The third kappa shape index (κ3) is 7.92. The average molecular weight is 596 g/mol. The lowest BCUT2D eigenvalue weighted by molar-refractivity contribution is -0.154. The number of nitrogens with zero attached hydrogens (tertiary/aromatic N) is 2. The Morgan fingerprint density at radius 3 is 2.48 bits per heavy atom. The molecule has 0 spiro atoms. The van der Waals surface area contributed by atoms with E-state index >= 15 is 0 Å². The van der Waals surface area contributed by atoms with Crippen molar-refractivity contribution in [3.05, 3.63) is 105 Å². The van der Waals surface area contributed by atoms with Crippen molar-refractivity contribution in [2.45, 2.75) is 90.7 Å². The molecule has 5 rings (SSSR count). The van der Waals surface area contributed by atoms with E-state index in [4.69, 9.17) is 9.15 Å². The second-order valence-electron chi connectivity index (χ2n) is 12.6. The van der Waals surface area contributed by atoms with Gasteiger partial charge in [-0.25, -0.2) is 4.79 Å². The molecule has 4 aromatic rings. The highest BCUT2D eigenvalue weighted by molar-refractivity contribution is 5.93.